The summed E-state index contributed by atoms with van der Waals surface area (Å²) in [5, 5.41) is 3.48. The van der Waals surface area contributed by atoms with Gasteiger partial charge in [0.05, 0.1) is 20.3 Å². The number of benzene rings is 3. The normalized spacial score (nSPS) is 15.2. The van der Waals surface area contributed by atoms with E-state index in [-0.39, 0.29) is 5.91 Å². The molecule has 0 atom stereocenters. The Balaban J connectivity index is 1.26. The third kappa shape index (κ3) is 6.65. The van der Waals surface area contributed by atoms with Crippen molar-refractivity contribution >= 4 is 29.3 Å². The summed E-state index contributed by atoms with van der Waals surface area (Å²) in [5.41, 5.74) is 6.01. The first-order valence-electron chi connectivity index (χ1n) is 14.1. The number of nitrogens with one attached hydrogen (secondary N) is 1. The van der Waals surface area contributed by atoms with Gasteiger partial charge in [-0.25, -0.2) is 0 Å². The molecule has 7 nitrogen and oxygen atoms in total. The maximum atomic E-state index is 13.3. The third-order valence-electron chi connectivity index (χ3n) is 7.27. The number of nitrogens with zero attached hydrogens (tertiary/aromatic N) is 1. The molecule has 1 amide bonds. The lowest BCUT2D eigenvalue weighted by Crippen LogP contribution is -2.32. The summed E-state index contributed by atoms with van der Waals surface area (Å²) in [4.78, 5) is 14.9. The lowest BCUT2D eigenvalue weighted by Gasteiger charge is -2.16. The molecular weight excluding hydrogens is 536 g/mol. The molecule has 5 rings (SSSR count). The zero-order valence-electron chi connectivity index (χ0n) is 23.8. The van der Waals surface area contributed by atoms with Crippen LogP contribution in [-0.2, 0) is 30.7 Å². The van der Waals surface area contributed by atoms with Crippen LogP contribution in [0.4, 0.5) is 0 Å². The van der Waals surface area contributed by atoms with Gasteiger partial charge in [-0.3, -0.25) is 9.69 Å². The van der Waals surface area contributed by atoms with Crippen LogP contribution in [0.1, 0.15) is 48.1 Å². The van der Waals surface area contributed by atoms with Crippen molar-refractivity contribution in [3.8, 4) is 23.0 Å². The lowest BCUT2D eigenvalue weighted by molar-refractivity contribution is -0.122. The van der Waals surface area contributed by atoms with Crippen molar-refractivity contribution in [2.45, 2.75) is 46.1 Å². The summed E-state index contributed by atoms with van der Waals surface area (Å²) in [7, 11) is 1.65. The van der Waals surface area contributed by atoms with Crippen LogP contribution >= 0.6 is 12.2 Å². The van der Waals surface area contributed by atoms with Crippen molar-refractivity contribution in [3.63, 3.8) is 0 Å². The molecule has 1 heterocycles. The molecule has 3 aromatic carbocycles. The maximum absolute atomic E-state index is 13.3. The van der Waals surface area contributed by atoms with Gasteiger partial charge in [-0.2, -0.15) is 0 Å². The van der Waals surface area contributed by atoms with E-state index in [1.54, 1.807) is 12.0 Å². The smallest absolute Gasteiger partial charge is 0.276 e. The zero-order chi connectivity index (χ0) is 28.8. The van der Waals surface area contributed by atoms with Crippen LogP contribution in [0.15, 0.2) is 60.3 Å². The number of hydrogen-bond donors (Lipinski definition) is 1. The predicted octanol–water partition coefficient (Wildman–Crippen LogP) is 5.86. The number of fused-ring (bicyclic) bond motifs is 1. The van der Waals surface area contributed by atoms with Crippen LogP contribution in [0.2, 0.25) is 0 Å². The number of ether oxygens (including phenoxy) is 4. The van der Waals surface area contributed by atoms with E-state index < -0.39 is 0 Å². The van der Waals surface area contributed by atoms with Gasteiger partial charge >= 0.3 is 0 Å². The van der Waals surface area contributed by atoms with Gasteiger partial charge < -0.3 is 24.3 Å². The minimum absolute atomic E-state index is 0.155. The largest absolute Gasteiger partial charge is 0.496 e. The van der Waals surface area contributed by atoms with E-state index >= 15 is 0 Å². The first-order valence-corrected chi connectivity index (χ1v) is 14.5. The van der Waals surface area contributed by atoms with Crippen LogP contribution in [0, 0.1) is 0 Å². The first kappa shape index (κ1) is 28.5. The van der Waals surface area contributed by atoms with Crippen molar-refractivity contribution in [2.75, 3.05) is 26.9 Å². The minimum atomic E-state index is -0.155. The van der Waals surface area contributed by atoms with Crippen LogP contribution in [0.25, 0.3) is 6.08 Å². The Morgan fingerprint density at radius 1 is 0.902 bits per heavy atom. The molecule has 2 aliphatic rings. The van der Waals surface area contributed by atoms with E-state index in [9.17, 15) is 4.79 Å². The highest BCUT2D eigenvalue weighted by atomic mass is 32.1. The fraction of sp³-hybridized carbons (Fsp3) is 0.333. The molecule has 1 aliphatic carbocycles. The first-order chi connectivity index (χ1) is 20.0. The average molecular weight is 573 g/mol. The molecule has 0 bridgehead atoms. The van der Waals surface area contributed by atoms with Crippen LogP contribution in [-0.4, -0.2) is 42.8 Å². The quantitative estimate of drug-likeness (QED) is 0.215. The Morgan fingerprint density at radius 3 is 2.49 bits per heavy atom. The van der Waals surface area contributed by atoms with Gasteiger partial charge in [0.1, 0.15) is 23.8 Å². The van der Waals surface area contributed by atoms with E-state index in [2.05, 4.69) is 17.4 Å². The zero-order valence-corrected chi connectivity index (χ0v) is 24.6. The van der Waals surface area contributed by atoms with Gasteiger partial charge in [-0.1, -0.05) is 18.2 Å². The second kappa shape index (κ2) is 13.1. The maximum Gasteiger partial charge on any atom is 0.276 e. The highest BCUT2D eigenvalue weighted by molar-refractivity contribution is 7.80. The van der Waals surface area contributed by atoms with E-state index in [1.807, 2.05) is 62.4 Å². The summed E-state index contributed by atoms with van der Waals surface area (Å²) in [5.74, 6) is 2.85. The van der Waals surface area contributed by atoms with Gasteiger partial charge in [0.25, 0.3) is 5.91 Å². The monoisotopic (exact) mass is 572 g/mol. The number of methoxy groups -OCH3 is 1. The van der Waals surface area contributed by atoms with Crippen molar-refractivity contribution in [1.29, 1.82) is 0 Å². The molecule has 8 heteroatoms. The number of thiocarbonyl (C=S) groups is 1. The lowest BCUT2D eigenvalue weighted by atomic mass is 10.1. The van der Waals surface area contributed by atoms with Gasteiger partial charge in [0.15, 0.2) is 16.6 Å². The molecule has 0 unspecified atom stereocenters. The number of carbonyl (C=O) groups is 1. The van der Waals surface area contributed by atoms with E-state index in [1.165, 1.54) is 17.5 Å². The predicted molar refractivity (Wildman–Crippen MR) is 164 cm³/mol. The van der Waals surface area contributed by atoms with E-state index in [4.69, 9.17) is 31.2 Å². The van der Waals surface area contributed by atoms with Crippen molar-refractivity contribution < 1.29 is 23.7 Å². The van der Waals surface area contributed by atoms with Gasteiger partial charge in [0.2, 0.25) is 0 Å². The average Bonchev–Trinajstić information content (AvgIpc) is 3.55. The molecule has 1 fully saturated rings. The van der Waals surface area contributed by atoms with Crippen LogP contribution in [0.3, 0.4) is 0 Å². The van der Waals surface area contributed by atoms with Gasteiger partial charge in [-0.15, -0.1) is 0 Å². The fourth-order valence-electron chi connectivity index (χ4n) is 5.23. The highest BCUT2D eigenvalue weighted by Gasteiger charge is 2.30. The molecule has 3 aromatic rings. The number of hydrogen-bond acceptors (Lipinski definition) is 6. The molecule has 41 heavy (non-hydrogen) atoms. The van der Waals surface area contributed by atoms with Crippen molar-refractivity contribution in [1.82, 2.24) is 10.2 Å². The minimum Gasteiger partial charge on any atom is -0.496 e. The van der Waals surface area contributed by atoms with E-state index in [0.717, 1.165) is 41.0 Å². The Labute approximate surface area is 247 Å². The molecule has 1 N–H and O–H groups in total. The highest BCUT2D eigenvalue weighted by Crippen LogP contribution is 2.30. The van der Waals surface area contributed by atoms with Gasteiger partial charge in [-0.05, 0) is 116 Å². The number of aryl methyl sites for hydroxylation is 2. The van der Waals surface area contributed by atoms with Crippen molar-refractivity contribution in [2.24, 2.45) is 0 Å². The molecule has 214 valence electrons. The van der Waals surface area contributed by atoms with Crippen LogP contribution < -0.4 is 24.3 Å². The topological polar surface area (TPSA) is 69.3 Å². The Hall–Kier alpha value is -4.04. The Bertz CT molecular complexity index is 1470. The fourth-order valence-corrected chi connectivity index (χ4v) is 5.52. The summed E-state index contributed by atoms with van der Waals surface area (Å²) in [6.45, 7) is 5.80. The number of carbonyl (C=O) groups excluding carboxylic acids is 1. The van der Waals surface area contributed by atoms with Crippen LogP contribution in [0.5, 0.6) is 23.0 Å². The summed E-state index contributed by atoms with van der Waals surface area (Å²) in [6, 6.07) is 18.0. The van der Waals surface area contributed by atoms with E-state index in [0.29, 0.717) is 55.1 Å². The van der Waals surface area contributed by atoms with Gasteiger partial charge in [0, 0.05) is 12.1 Å². The standard InChI is InChI=1S/C33H36N2O5S/c1-4-38-30-14-9-22(19-31(30)39-5-2)15-16-35-32(36)28(34-33(35)41)18-23-10-13-29(37-3)26(17-23)21-40-27-12-11-24-7-6-8-25(24)20-27/h9-14,17-20H,4-8,15-16,21H2,1-3H3,(H,34,41)/b28-18+. The molecule has 1 saturated heterocycles. The number of rotatable bonds is 12. The molecule has 0 saturated carbocycles. The van der Waals surface area contributed by atoms with Crippen molar-refractivity contribution in [3.05, 3.63) is 88.1 Å². The SMILES string of the molecule is CCOc1ccc(CCN2C(=O)/C(=C\c3ccc(OC)c(COc4ccc5c(c4)CCC5)c3)NC2=S)cc1OCC. The Kier molecular flexibility index (Phi) is 9.09. The summed E-state index contributed by atoms with van der Waals surface area (Å²) < 4.78 is 23.1. The number of amides is 1. The molecule has 0 spiro atoms. The molecule has 0 aromatic heterocycles. The summed E-state index contributed by atoms with van der Waals surface area (Å²) in [6.07, 6.45) is 5.89. The second-order valence-corrected chi connectivity index (χ2v) is 10.4. The third-order valence-corrected chi connectivity index (χ3v) is 7.60. The molecule has 0 radical (unpaired) electrons. The molecular formula is C33H36N2O5S. The second-order valence-electron chi connectivity index (χ2n) is 9.99. The molecule has 1 aliphatic heterocycles. The Morgan fingerprint density at radius 2 is 1.68 bits per heavy atom. The summed E-state index contributed by atoms with van der Waals surface area (Å²) >= 11 is 5.51.